The summed E-state index contributed by atoms with van der Waals surface area (Å²) in [6.07, 6.45) is 3.49. The molecular formula is C11H20ClNO. The van der Waals surface area contributed by atoms with Crippen LogP contribution in [0, 0.1) is 5.41 Å². The van der Waals surface area contributed by atoms with Crippen molar-refractivity contribution < 1.29 is 4.79 Å². The lowest BCUT2D eigenvalue weighted by Gasteiger charge is -2.33. The molecule has 0 aromatic carbocycles. The van der Waals surface area contributed by atoms with Crippen LogP contribution >= 0.6 is 11.6 Å². The van der Waals surface area contributed by atoms with Crippen molar-refractivity contribution in [3.8, 4) is 0 Å². The minimum atomic E-state index is -0.388. The zero-order chi connectivity index (χ0) is 10.8. The molecule has 82 valence electrons. The lowest BCUT2D eigenvalue weighted by molar-refractivity contribution is -0.133. The number of rotatable bonds is 1. The Bertz CT molecular complexity index is 204. The highest BCUT2D eigenvalue weighted by Gasteiger charge is 2.32. The summed E-state index contributed by atoms with van der Waals surface area (Å²) in [7, 11) is 0. The molecule has 2 nitrogen and oxygen atoms in total. The highest BCUT2D eigenvalue weighted by atomic mass is 35.5. The van der Waals surface area contributed by atoms with Crippen LogP contribution in [-0.4, -0.2) is 29.3 Å². The van der Waals surface area contributed by atoms with Gasteiger partial charge in [0.15, 0.2) is 0 Å². The number of carbonyl (C=O) groups is 1. The number of carbonyl (C=O) groups excluding carboxylic acids is 1. The van der Waals surface area contributed by atoms with Crippen LogP contribution in [0.25, 0.3) is 0 Å². The van der Waals surface area contributed by atoms with E-state index in [9.17, 15) is 4.79 Å². The van der Waals surface area contributed by atoms with E-state index in [1.165, 1.54) is 6.42 Å². The predicted octanol–water partition coefficient (Wildman–Crippen LogP) is 2.65. The van der Waals surface area contributed by atoms with E-state index in [1.54, 1.807) is 0 Å². The molecule has 0 saturated carbocycles. The molecule has 1 aliphatic heterocycles. The summed E-state index contributed by atoms with van der Waals surface area (Å²) in [6.45, 7) is 7.79. The number of nitrogens with zero attached hydrogens (tertiary/aromatic N) is 1. The monoisotopic (exact) mass is 217 g/mol. The molecule has 0 radical (unpaired) electrons. The van der Waals surface area contributed by atoms with Crippen LogP contribution in [0.4, 0.5) is 0 Å². The predicted molar refractivity (Wildman–Crippen MR) is 59.5 cm³/mol. The summed E-state index contributed by atoms with van der Waals surface area (Å²) in [6, 6.07) is 0. The number of alkyl halides is 1. The van der Waals surface area contributed by atoms with Gasteiger partial charge in [-0.05, 0) is 24.7 Å². The van der Waals surface area contributed by atoms with E-state index in [4.69, 9.17) is 11.6 Å². The lowest BCUT2D eigenvalue weighted by Crippen LogP contribution is -2.44. The first-order valence-electron chi connectivity index (χ1n) is 5.36. The summed E-state index contributed by atoms with van der Waals surface area (Å²) in [5.74, 6) is 0.110. The van der Waals surface area contributed by atoms with Gasteiger partial charge in [-0.1, -0.05) is 20.8 Å². The summed E-state index contributed by atoms with van der Waals surface area (Å²) < 4.78 is 0. The maximum atomic E-state index is 11.9. The molecule has 1 heterocycles. The minimum Gasteiger partial charge on any atom is -0.341 e. The quantitative estimate of drug-likeness (QED) is 0.619. The third-order valence-corrected chi connectivity index (χ3v) is 3.49. The van der Waals surface area contributed by atoms with Gasteiger partial charge in [0, 0.05) is 13.1 Å². The van der Waals surface area contributed by atoms with E-state index in [1.807, 2.05) is 25.7 Å². The zero-order valence-corrected chi connectivity index (χ0v) is 10.1. The average Bonchev–Trinajstić information content (AvgIpc) is 2.15. The normalized spacial score (nSPS) is 20.7. The molecule has 0 N–H and O–H groups in total. The second-order valence-electron chi connectivity index (χ2n) is 5.11. The molecule has 0 spiro atoms. The van der Waals surface area contributed by atoms with Crippen LogP contribution in [0.15, 0.2) is 0 Å². The zero-order valence-electron chi connectivity index (χ0n) is 9.35. The number of piperidine rings is 1. The van der Waals surface area contributed by atoms with Crippen LogP contribution in [0.5, 0.6) is 0 Å². The van der Waals surface area contributed by atoms with Gasteiger partial charge in [0.2, 0.25) is 5.91 Å². The highest BCUT2D eigenvalue weighted by Crippen LogP contribution is 2.27. The maximum absolute atomic E-state index is 11.9. The van der Waals surface area contributed by atoms with Gasteiger partial charge in [0.05, 0.1) is 0 Å². The second kappa shape index (κ2) is 4.52. The molecule has 1 fully saturated rings. The second-order valence-corrected chi connectivity index (χ2v) is 5.55. The Labute approximate surface area is 91.6 Å². The van der Waals surface area contributed by atoms with Crippen molar-refractivity contribution in [2.24, 2.45) is 5.41 Å². The van der Waals surface area contributed by atoms with Gasteiger partial charge < -0.3 is 4.90 Å². The van der Waals surface area contributed by atoms with E-state index >= 15 is 0 Å². The number of amides is 1. The van der Waals surface area contributed by atoms with Gasteiger partial charge in [-0.3, -0.25) is 4.79 Å². The molecule has 0 aliphatic carbocycles. The van der Waals surface area contributed by atoms with Crippen molar-refractivity contribution in [3.63, 3.8) is 0 Å². The SMILES string of the molecule is CC(C)(C)C(Cl)C(=O)N1CCCCC1. The molecule has 0 aromatic heterocycles. The first-order valence-corrected chi connectivity index (χ1v) is 5.79. The van der Waals surface area contributed by atoms with Crippen molar-refractivity contribution in [3.05, 3.63) is 0 Å². The summed E-state index contributed by atoms with van der Waals surface area (Å²) in [5, 5.41) is -0.388. The molecule has 1 aliphatic rings. The Hall–Kier alpha value is -0.240. The van der Waals surface area contributed by atoms with Crippen molar-refractivity contribution >= 4 is 17.5 Å². The Kier molecular flexibility index (Phi) is 3.82. The molecule has 1 unspecified atom stereocenters. The molecule has 1 amide bonds. The molecule has 1 atom stereocenters. The average molecular weight is 218 g/mol. The van der Waals surface area contributed by atoms with Crippen LogP contribution in [-0.2, 0) is 4.79 Å². The first kappa shape index (κ1) is 11.8. The lowest BCUT2D eigenvalue weighted by atomic mass is 9.90. The fourth-order valence-electron chi connectivity index (χ4n) is 1.65. The van der Waals surface area contributed by atoms with Gasteiger partial charge in [-0.15, -0.1) is 11.6 Å². The smallest absolute Gasteiger partial charge is 0.241 e. The standard InChI is InChI=1S/C11H20ClNO/c1-11(2,3)9(12)10(14)13-7-5-4-6-8-13/h9H,4-8H2,1-3H3. The topological polar surface area (TPSA) is 20.3 Å². The molecule has 0 aromatic rings. The van der Waals surface area contributed by atoms with Crippen molar-refractivity contribution in [2.45, 2.75) is 45.4 Å². The van der Waals surface area contributed by atoms with E-state index in [0.29, 0.717) is 0 Å². The third kappa shape index (κ3) is 2.88. The summed E-state index contributed by atoms with van der Waals surface area (Å²) >= 11 is 6.15. The molecule has 1 rings (SSSR count). The van der Waals surface area contributed by atoms with Gasteiger partial charge in [0.25, 0.3) is 0 Å². The molecule has 0 bridgehead atoms. The molecule has 14 heavy (non-hydrogen) atoms. The van der Waals surface area contributed by atoms with E-state index in [2.05, 4.69) is 0 Å². The van der Waals surface area contributed by atoms with E-state index < -0.39 is 0 Å². The number of likely N-dealkylation sites (tertiary alicyclic amines) is 1. The Morgan fingerprint density at radius 3 is 2.14 bits per heavy atom. The number of hydrogen-bond donors (Lipinski definition) is 0. The molecule has 3 heteroatoms. The third-order valence-electron chi connectivity index (χ3n) is 2.64. The largest absolute Gasteiger partial charge is 0.341 e. The van der Waals surface area contributed by atoms with Crippen LogP contribution in [0.2, 0.25) is 0 Å². The maximum Gasteiger partial charge on any atom is 0.241 e. The fraction of sp³-hybridized carbons (Fsp3) is 0.909. The van der Waals surface area contributed by atoms with Crippen molar-refractivity contribution in [1.82, 2.24) is 4.90 Å². The molecule has 1 saturated heterocycles. The minimum absolute atomic E-state index is 0.110. The summed E-state index contributed by atoms with van der Waals surface area (Å²) in [5.41, 5.74) is -0.143. The van der Waals surface area contributed by atoms with E-state index in [0.717, 1.165) is 25.9 Å². The van der Waals surface area contributed by atoms with Gasteiger partial charge in [-0.2, -0.15) is 0 Å². The van der Waals surface area contributed by atoms with Gasteiger partial charge >= 0.3 is 0 Å². The highest BCUT2D eigenvalue weighted by molar-refractivity contribution is 6.31. The van der Waals surface area contributed by atoms with Gasteiger partial charge in [0.1, 0.15) is 5.38 Å². The Morgan fingerprint density at radius 2 is 1.71 bits per heavy atom. The number of hydrogen-bond acceptors (Lipinski definition) is 1. The van der Waals surface area contributed by atoms with Crippen LogP contribution < -0.4 is 0 Å². The van der Waals surface area contributed by atoms with E-state index in [-0.39, 0.29) is 16.7 Å². The Balaban J connectivity index is 2.55. The van der Waals surface area contributed by atoms with Crippen molar-refractivity contribution in [2.75, 3.05) is 13.1 Å². The van der Waals surface area contributed by atoms with Crippen LogP contribution in [0.3, 0.4) is 0 Å². The van der Waals surface area contributed by atoms with Crippen LogP contribution in [0.1, 0.15) is 40.0 Å². The number of halogens is 1. The summed E-state index contributed by atoms with van der Waals surface area (Å²) in [4.78, 5) is 13.8. The fourth-order valence-corrected chi connectivity index (χ4v) is 1.78. The molecular weight excluding hydrogens is 198 g/mol. The first-order chi connectivity index (χ1) is 6.43. The van der Waals surface area contributed by atoms with Gasteiger partial charge in [-0.25, -0.2) is 0 Å². The Morgan fingerprint density at radius 1 is 1.21 bits per heavy atom. The van der Waals surface area contributed by atoms with Crippen molar-refractivity contribution in [1.29, 1.82) is 0 Å².